The van der Waals surface area contributed by atoms with Crippen molar-refractivity contribution in [3.63, 3.8) is 0 Å². The molecule has 0 unspecified atom stereocenters. The summed E-state index contributed by atoms with van der Waals surface area (Å²) >= 11 is 0. The van der Waals surface area contributed by atoms with Crippen LogP contribution in [0.1, 0.15) is 45.4 Å². The number of nitro benzene ring substituents is 1. The maximum absolute atomic E-state index is 12.1. The highest BCUT2D eigenvalue weighted by Crippen LogP contribution is 2.52. The lowest BCUT2D eigenvalue weighted by Gasteiger charge is -2.38. The van der Waals surface area contributed by atoms with E-state index in [1.807, 2.05) is 25.1 Å². The van der Waals surface area contributed by atoms with Crippen molar-refractivity contribution in [1.29, 1.82) is 0 Å². The van der Waals surface area contributed by atoms with Gasteiger partial charge in [-0.3, -0.25) is 10.1 Å². The monoisotopic (exact) mass is 364 g/mol. The smallest absolute Gasteiger partial charge is 0.338 e. The Morgan fingerprint density at radius 2 is 2.00 bits per heavy atom. The number of ether oxygens (including phenoxy) is 1. The second kappa shape index (κ2) is 6.54. The molecule has 0 saturated carbocycles. The number of anilines is 1. The number of hydrogen-bond donors (Lipinski definition) is 1. The molecule has 0 amide bonds. The third-order valence-electron chi connectivity index (χ3n) is 5.67. The van der Waals surface area contributed by atoms with Gasteiger partial charge in [0.2, 0.25) is 0 Å². The number of hydrogen-bond acceptors (Lipinski definition) is 5. The summed E-state index contributed by atoms with van der Waals surface area (Å²) in [6.07, 6.45) is 5.16. The Kier molecular flexibility index (Phi) is 4.18. The summed E-state index contributed by atoms with van der Waals surface area (Å²) in [5, 5.41) is 15.1. The molecule has 1 aliphatic carbocycles. The predicted octanol–water partition coefficient (Wildman–Crippen LogP) is 4.52. The number of carbonyl (C=O) groups is 1. The largest absolute Gasteiger partial charge is 0.465 e. The first-order valence-electron chi connectivity index (χ1n) is 8.91. The Morgan fingerprint density at radius 1 is 1.22 bits per heavy atom. The van der Waals surface area contributed by atoms with Crippen LogP contribution in [0.4, 0.5) is 11.4 Å². The summed E-state index contributed by atoms with van der Waals surface area (Å²) in [6, 6.07) is 10.4. The summed E-state index contributed by atoms with van der Waals surface area (Å²) in [5.41, 5.74) is 4.09. The van der Waals surface area contributed by atoms with Crippen LogP contribution in [-0.4, -0.2) is 18.0 Å². The van der Waals surface area contributed by atoms with Gasteiger partial charge in [0.25, 0.3) is 5.69 Å². The van der Waals surface area contributed by atoms with Crippen LogP contribution < -0.4 is 5.32 Å². The zero-order valence-corrected chi connectivity index (χ0v) is 15.1. The number of esters is 1. The fraction of sp³-hybridized carbons (Fsp3) is 0.286. The van der Waals surface area contributed by atoms with Crippen LogP contribution in [0.15, 0.2) is 48.6 Å². The van der Waals surface area contributed by atoms with Gasteiger partial charge >= 0.3 is 5.97 Å². The molecule has 1 aliphatic heterocycles. The van der Waals surface area contributed by atoms with Gasteiger partial charge in [-0.25, -0.2) is 4.79 Å². The number of para-hydroxylation sites is 1. The van der Waals surface area contributed by atoms with E-state index in [9.17, 15) is 14.9 Å². The number of allylic oxidation sites excluding steroid dienone is 2. The van der Waals surface area contributed by atoms with Crippen LogP contribution >= 0.6 is 0 Å². The highest BCUT2D eigenvalue weighted by Gasteiger charge is 2.41. The first-order valence-corrected chi connectivity index (χ1v) is 8.91. The molecule has 0 saturated heterocycles. The number of carbonyl (C=O) groups excluding carboxylic acids is 1. The zero-order chi connectivity index (χ0) is 19.1. The summed E-state index contributed by atoms with van der Waals surface area (Å²) in [4.78, 5) is 23.3. The molecule has 4 rings (SSSR count). The average Bonchev–Trinajstić information content (AvgIpc) is 3.17. The van der Waals surface area contributed by atoms with Crippen molar-refractivity contribution in [3.05, 3.63) is 80.9 Å². The maximum atomic E-state index is 12.1. The van der Waals surface area contributed by atoms with E-state index in [2.05, 4.69) is 17.5 Å². The number of benzene rings is 2. The molecular weight excluding hydrogens is 344 g/mol. The van der Waals surface area contributed by atoms with Crippen LogP contribution in [0.5, 0.6) is 0 Å². The van der Waals surface area contributed by atoms with E-state index >= 15 is 0 Å². The van der Waals surface area contributed by atoms with Gasteiger partial charge in [0.1, 0.15) is 0 Å². The quantitative estimate of drug-likeness (QED) is 0.375. The van der Waals surface area contributed by atoms with Crippen molar-refractivity contribution in [2.45, 2.75) is 25.3 Å². The Bertz CT molecular complexity index is 967. The van der Waals surface area contributed by atoms with Crippen molar-refractivity contribution >= 4 is 17.3 Å². The number of rotatable bonds is 3. The lowest BCUT2D eigenvalue weighted by atomic mass is 9.75. The molecule has 2 aliphatic rings. The number of fused-ring (bicyclic) bond motifs is 3. The standard InChI is InChI=1S/C21H20N2O4/c1-12-13(21(24)27-2)10-11-16-14-7-5-8-15(14)20(22-19(12)16)17-6-3-4-9-18(17)23(25)26/h3-7,9-11,14-15,20,22H,8H2,1-2H3/t14-,15-,20-/m0/s1. The van der Waals surface area contributed by atoms with Crippen molar-refractivity contribution in [1.82, 2.24) is 0 Å². The van der Waals surface area contributed by atoms with Gasteiger partial charge in [0.15, 0.2) is 0 Å². The summed E-state index contributed by atoms with van der Waals surface area (Å²) in [5.74, 6) is -0.0261. The molecule has 6 nitrogen and oxygen atoms in total. The SMILES string of the molecule is COC(=O)c1ccc2c(c1C)N[C@H](c1ccccc1[N+](=O)[O-])[C@H]1CC=C[C@H]21. The van der Waals surface area contributed by atoms with E-state index in [0.717, 1.165) is 23.2 Å². The Hall–Kier alpha value is -3.15. The Morgan fingerprint density at radius 3 is 2.74 bits per heavy atom. The lowest BCUT2D eigenvalue weighted by Crippen LogP contribution is -2.30. The molecule has 3 atom stereocenters. The van der Waals surface area contributed by atoms with E-state index in [-0.39, 0.29) is 34.5 Å². The zero-order valence-electron chi connectivity index (χ0n) is 15.1. The van der Waals surface area contributed by atoms with Gasteiger partial charge in [0.05, 0.1) is 29.2 Å². The fourth-order valence-electron chi connectivity index (χ4n) is 4.37. The third kappa shape index (κ3) is 2.68. The second-order valence-corrected chi connectivity index (χ2v) is 6.99. The number of nitrogens with one attached hydrogen (secondary N) is 1. The summed E-state index contributed by atoms with van der Waals surface area (Å²) in [6.45, 7) is 1.88. The molecule has 0 spiro atoms. The van der Waals surface area contributed by atoms with Crippen molar-refractivity contribution in [3.8, 4) is 0 Å². The molecule has 27 heavy (non-hydrogen) atoms. The van der Waals surface area contributed by atoms with E-state index in [0.29, 0.717) is 11.1 Å². The molecule has 0 radical (unpaired) electrons. The normalized spacial score (nSPS) is 22.5. The van der Waals surface area contributed by atoms with Crippen LogP contribution in [0, 0.1) is 23.0 Å². The van der Waals surface area contributed by atoms with Gasteiger partial charge < -0.3 is 10.1 Å². The molecule has 138 valence electrons. The molecule has 0 aromatic heterocycles. The first-order chi connectivity index (χ1) is 13.0. The average molecular weight is 364 g/mol. The molecule has 0 fully saturated rings. The Labute approximate surface area is 157 Å². The number of nitrogens with zero attached hydrogens (tertiary/aromatic N) is 1. The van der Waals surface area contributed by atoms with E-state index in [1.54, 1.807) is 18.2 Å². The molecule has 6 heteroatoms. The molecule has 0 bridgehead atoms. The topological polar surface area (TPSA) is 81.5 Å². The van der Waals surface area contributed by atoms with Gasteiger partial charge in [-0.2, -0.15) is 0 Å². The molecule has 1 heterocycles. The van der Waals surface area contributed by atoms with E-state index in [4.69, 9.17) is 4.74 Å². The van der Waals surface area contributed by atoms with E-state index in [1.165, 1.54) is 7.11 Å². The van der Waals surface area contributed by atoms with Crippen LogP contribution in [-0.2, 0) is 4.74 Å². The van der Waals surface area contributed by atoms with Crippen molar-refractivity contribution < 1.29 is 14.5 Å². The fourth-order valence-corrected chi connectivity index (χ4v) is 4.37. The highest BCUT2D eigenvalue weighted by atomic mass is 16.6. The predicted molar refractivity (Wildman–Crippen MR) is 102 cm³/mol. The van der Waals surface area contributed by atoms with Crippen molar-refractivity contribution in [2.75, 3.05) is 12.4 Å². The van der Waals surface area contributed by atoms with E-state index < -0.39 is 0 Å². The molecule has 1 N–H and O–H groups in total. The summed E-state index contributed by atoms with van der Waals surface area (Å²) < 4.78 is 4.89. The third-order valence-corrected chi connectivity index (χ3v) is 5.67. The second-order valence-electron chi connectivity index (χ2n) is 6.99. The van der Waals surface area contributed by atoms with Crippen LogP contribution in [0.2, 0.25) is 0 Å². The van der Waals surface area contributed by atoms with Crippen molar-refractivity contribution in [2.24, 2.45) is 5.92 Å². The van der Waals surface area contributed by atoms with Crippen LogP contribution in [0.3, 0.4) is 0 Å². The van der Waals surface area contributed by atoms with Gasteiger partial charge in [-0.15, -0.1) is 0 Å². The minimum absolute atomic E-state index is 0.117. The van der Waals surface area contributed by atoms with Gasteiger partial charge in [0, 0.05) is 17.7 Å². The van der Waals surface area contributed by atoms with Crippen LogP contribution in [0.25, 0.3) is 0 Å². The van der Waals surface area contributed by atoms with Gasteiger partial charge in [-0.1, -0.05) is 36.4 Å². The minimum atomic E-state index is -0.386. The molecule has 2 aromatic carbocycles. The van der Waals surface area contributed by atoms with Gasteiger partial charge in [-0.05, 0) is 36.5 Å². The first kappa shape index (κ1) is 17.3. The minimum Gasteiger partial charge on any atom is -0.465 e. The highest BCUT2D eigenvalue weighted by molar-refractivity contribution is 5.93. The summed E-state index contributed by atoms with van der Waals surface area (Å²) in [7, 11) is 1.36. The lowest BCUT2D eigenvalue weighted by molar-refractivity contribution is -0.385. The number of nitro groups is 1. The maximum Gasteiger partial charge on any atom is 0.338 e. The Balaban J connectivity index is 1.86. The molecular formula is C21H20N2O4. The molecule has 2 aromatic rings. The number of methoxy groups -OCH3 is 1.